The lowest BCUT2D eigenvalue weighted by Crippen LogP contribution is -2.11. The number of aromatic nitrogens is 2. The summed E-state index contributed by atoms with van der Waals surface area (Å²) in [5.74, 6) is 0. The summed E-state index contributed by atoms with van der Waals surface area (Å²) in [5, 5.41) is 4.12. The molecule has 0 N–H and O–H groups in total. The standard InChI is InChI=1S/C11H13N3O/c1-13(2)6-9-3-4-11-10(8-15)5-12-14(11)7-9/h3-5,7-8H,6H2,1-2H3. The van der Waals surface area contributed by atoms with Gasteiger partial charge in [-0.25, -0.2) is 4.52 Å². The largest absolute Gasteiger partial charge is 0.305 e. The van der Waals surface area contributed by atoms with Crippen LogP contribution in [0.1, 0.15) is 15.9 Å². The molecule has 0 fully saturated rings. The highest BCUT2D eigenvalue weighted by Crippen LogP contribution is 2.10. The average Bonchev–Trinajstić information content (AvgIpc) is 2.58. The molecule has 0 spiro atoms. The second-order valence-electron chi connectivity index (χ2n) is 3.82. The summed E-state index contributed by atoms with van der Waals surface area (Å²) in [4.78, 5) is 12.8. The number of pyridine rings is 1. The van der Waals surface area contributed by atoms with Gasteiger partial charge in [0.15, 0.2) is 6.29 Å². The number of fused-ring (bicyclic) bond motifs is 1. The maximum absolute atomic E-state index is 10.7. The van der Waals surface area contributed by atoms with E-state index in [2.05, 4.69) is 10.00 Å². The van der Waals surface area contributed by atoms with Crippen molar-refractivity contribution in [3.8, 4) is 0 Å². The first-order chi connectivity index (χ1) is 7.20. The first-order valence-electron chi connectivity index (χ1n) is 4.77. The highest BCUT2D eigenvalue weighted by molar-refractivity contribution is 5.85. The lowest BCUT2D eigenvalue weighted by atomic mass is 10.2. The number of nitrogens with zero attached hydrogens (tertiary/aromatic N) is 3. The number of hydrogen-bond donors (Lipinski definition) is 0. The van der Waals surface area contributed by atoms with E-state index < -0.39 is 0 Å². The van der Waals surface area contributed by atoms with Crippen molar-refractivity contribution >= 4 is 11.8 Å². The minimum atomic E-state index is 0.631. The van der Waals surface area contributed by atoms with Crippen LogP contribution in [0, 0.1) is 0 Å². The molecule has 0 unspecified atom stereocenters. The summed E-state index contributed by atoms with van der Waals surface area (Å²) in [6, 6.07) is 3.94. The zero-order valence-electron chi connectivity index (χ0n) is 8.84. The van der Waals surface area contributed by atoms with Crippen LogP contribution < -0.4 is 0 Å². The van der Waals surface area contributed by atoms with Gasteiger partial charge in [0.05, 0.1) is 17.3 Å². The number of carbonyl (C=O) groups excluding carboxylic acids is 1. The summed E-state index contributed by atoms with van der Waals surface area (Å²) >= 11 is 0. The Morgan fingerprint density at radius 2 is 2.27 bits per heavy atom. The number of rotatable bonds is 3. The first-order valence-corrected chi connectivity index (χ1v) is 4.77. The van der Waals surface area contributed by atoms with Crippen molar-refractivity contribution in [1.29, 1.82) is 0 Å². The zero-order chi connectivity index (χ0) is 10.8. The van der Waals surface area contributed by atoms with Gasteiger partial charge in [0.2, 0.25) is 0 Å². The van der Waals surface area contributed by atoms with Crippen LogP contribution in [0.15, 0.2) is 24.5 Å². The van der Waals surface area contributed by atoms with E-state index in [1.807, 2.05) is 32.4 Å². The Labute approximate surface area is 88.1 Å². The molecule has 0 amide bonds. The number of aldehydes is 1. The molecule has 0 aromatic carbocycles. The van der Waals surface area contributed by atoms with E-state index in [0.29, 0.717) is 5.56 Å². The highest BCUT2D eigenvalue weighted by atomic mass is 16.1. The molecule has 2 heterocycles. The Bertz CT molecular complexity index is 488. The molecule has 2 rings (SSSR count). The fourth-order valence-corrected chi connectivity index (χ4v) is 1.60. The Morgan fingerprint density at radius 1 is 1.47 bits per heavy atom. The van der Waals surface area contributed by atoms with Crippen LogP contribution in [0.4, 0.5) is 0 Å². The molecular formula is C11H13N3O. The Morgan fingerprint density at radius 3 is 2.93 bits per heavy atom. The van der Waals surface area contributed by atoms with Crippen LogP contribution in [0.3, 0.4) is 0 Å². The predicted octanol–water partition coefficient (Wildman–Crippen LogP) is 1.21. The van der Waals surface area contributed by atoms with E-state index in [9.17, 15) is 4.79 Å². The van der Waals surface area contributed by atoms with Crippen molar-refractivity contribution in [2.75, 3.05) is 14.1 Å². The quantitative estimate of drug-likeness (QED) is 0.704. The van der Waals surface area contributed by atoms with E-state index in [1.165, 1.54) is 5.56 Å². The molecule has 0 aliphatic rings. The van der Waals surface area contributed by atoms with Crippen LogP contribution in [-0.4, -0.2) is 34.9 Å². The van der Waals surface area contributed by atoms with Crippen molar-refractivity contribution in [2.24, 2.45) is 0 Å². The molecule has 2 aromatic heterocycles. The van der Waals surface area contributed by atoms with Crippen LogP contribution in [-0.2, 0) is 6.54 Å². The monoisotopic (exact) mass is 203 g/mol. The average molecular weight is 203 g/mol. The SMILES string of the molecule is CN(C)Cc1ccc2c(C=O)cnn2c1. The molecule has 78 valence electrons. The summed E-state index contributed by atoms with van der Waals surface area (Å²) in [5.41, 5.74) is 2.66. The third-order valence-corrected chi connectivity index (χ3v) is 2.23. The molecule has 0 aliphatic carbocycles. The molecule has 4 nitrogen and oxygen atoms in total. The van der Waals surface area contributed by atoms with E-state index in [1.54, 1.807) is 10.7 Å². The third-order valence-electron chi connectivity index (χ3n) is 2.23. The fraction of sp³-hybridized carbons (Fsp3) is 0.273. The van der Waals surface area contributed by atoms with Crippen LogP contribution in [0.2, 0.25) is 0 Å². The van der Waals surface area contributed by atoms with Crippen LogP contribution in [0.5, 0.6) is 0 Å². The van der Waals surface area contributed by atoms with Gasteiger partial charge in [-0.3, -0.25) is 4.79 Å². The molecule has 0 saturated carbocycles. The summed E-state index contributed by atoms with van der Waals surface area (Å²) in [6.45, 7) is 0.867. The van der Waals surface area contributed by atoms with Crippen molar-refractivity contribution in [1.82, 2.24) is 14.5 Å². The molecule has 0 saturated heterocycles. The zero-order valence-corrected chi connectivity index (χ0v) is 8.84. The van der Waals surface area contributed by atoms with Gasteiger partial charge in [-0.15, -0.1) is 0 Å². The molecule has 2 aromatic rings. The van der Waals surface area contributed by atoms with E-state index >= 15 is 0 Å². The van der Waals surface area contributed by atoms with Crippen LogP contribution >= 0.6 is 0 Å². The molecule has 0 radical (unpaired) electrons. The van der Waals surface area contributed by atoms with Crippen molar-refractivity contribution in [2.45, 2.75) is 6.54 Å². The molecule has 4 heteroatoms. The lowest BCUT2D eigenvalue weighted by Gasteiger charge is -2.09. The fourth-order valence-electron chi connectivity index (χ4n) is 1.60. The predicted molar refractivity (Wildman–Crippen MR) is 58.0 cm³/mol. The molecule has 15 heavy (non-hydrogen) atoms. The Hall–Kier alpha value is -1.68. The third kappa shape index (κ3) is 1.89. The summed E-state index contributed by atoms with van der Waals surface area (Å²) in [6.07, 6.45) is 4.36. The van der Waals surface area contributed by atoms with Gasteiger partial charge in [0.25, 0.3) is 0 Å². The van der Waals surface area contributed by atoms with Gasteiger partial charge in [-0.1, -0.05) is 6.07 Å². The van der Waals surface area contributed by atoms with Gasteiger partial charge >= 0.3 is 0 Å². The minimum absolute atomic E-state index is 0.631. The maximum atomic E-state index is 10.7. The second kappa shape index (κ2) is 3.82. The number of hydrogen-bond acceptors (Lipinski definition) is 3. The Kier molecular flexibility index (Phi) is 2.51. The Balaban J connectivity index is 2.44. The normalized spacial score (nSPS) is 11.1. The summed E-state index contributed by atoms with van der Waals surface area (Å²) in [7, 11) is 4.04. The highest BCUT2D eigenvalue weighted by Gasteiger charge is 2.03. The van der Waals surface area contributed by atoms with E-state index in [-0.39, 0.29) is 0 Å². The van der Waals surface area contributed by atoms with Gasteiger partial charge in [0, 0.05) is 12.7 Å². The van der Waals surface area contributed by atoms with Crippen molar-refractivity contribution in [3.05, 3.63) is 35.7 Å². The maximum Gasteiger partial charge on any atom is 0.153 e. The van der Waals surface area contributed by atoms with Gasteiger partial charge < -0.3 is 4.90 Å². The first kappa shape index (κ1) is 9.86. The summed E-state index contributed by atoms with van der Waals surface area (Å²) < 4.78 is 1.74. The van der Waals surface area contributed by atoms with Gasteiger partial charge in [-0.05, 0) is 25.7 Å². The molecule has 0 bridgehead atoms. The molecular weight excluding hydrogens is 190 g/mol. The minimum Gasteiger partial charge on any atom is -0.305 e. The van der Waals surface area contributed by atoms with E-state index in [4.69, 9.17) is 0 Å². The van der Waals surface area contributed by atoms with Gasteiger partial charge in [-0.2, -0.15) is 5.10 Å². The molecule has 0 atom stereocenters. The lowest BCUT2D eigenvalue weighted by molar-refractivity contribution is 0.112. The topological polar surface area (TPSA) is 37.6 Å². The van der Waals surface area contributed by atoms with E-state index in [0.717, 1.165) is 18.3 Å². The smallest absolute Gasteiger partial charge is 0.153 e. The second-order valence-corrected chi connectivity index (χ2v) is 3.82. The van der Waals surface area contributed by atoms with Crippen LogP contribution in [0.25, 0.3) is 5.52 Å². The molecule has 0 aliphatic heterocycles. The number of carbonyl (C=O) groups is 1. The van der Waals surface area contributed by atoms with Crippen molar-refractivity contribution in [3.63, 3.8) is 0 Å². The van der Waals surface area contributed by atoms with Crippen molar-refractivity contribution < 1.29 is 4.79 Å². The van der Waals surface area contributed by atoms with Gasteiger partial charge in [0.1, 0.15) is 0 Å².